The SMILES string of the molecule is C#CCc1cc(/C=C/c2nc(C(C)c3ccccc3)nn2C)ccc1-n1cnc(C)c1. The second-order valence-corrected chi connectivity index (χ2v) is 7.61. The van der Waals surface area contributed by atoms with Crippen LogP contribution in [-0.2, 0) is 13.5 Å². The maximum absolute atomic E-state index is 5.61. The van der Waals surface area contributed by atoms with Crippen molar-refractivity contribution in [2.45, 2.75) is 26.2 Å². The van der Waals surface area contributed by atoms with Crippen LogP contribution in [-0.4, -0.2) is 24.3 Å². The van der Waals surface area contributed by atoms with Crippen LogP contribution in [0.25, 0.3) is 17.8 Å². The topological polar surface area (TPSA) is 48.5 Å². The van der Waals surface area contributed by atoms with Crippen molar-refractivity contribution in [3.63, 3.8) is 0 Å². The van der Waals surface area contributed by atoms with E-state index in [1.165, 1.54) is 5.56 Å². The van der Waals surface area contributed by atoms with Gasteiger partial charge in [-0.15, -0.1) is 12.3 Å². The summed E-state index contributed by atoms with van der Waals surface area (Å²) in [6.45, 7) is 4.10. The van der Waals surface area contributed by atoms with E-state index in [0.29, 0.717) is 6.42 Å². The number of aryl methyl sites for hydroxylation is 2. The van der Waals surface area contributed by atoms with Crippen LogP contribution in [0.2, 0.25) is 0 Å². The molecule has 0 N–H and O–H groups in total. The average molecular weight is 408 g/mol. The zero-order chi connectivity index (χ0) is 21.8. The van der Waals surface area contributed by atoms with E-state index in [4.69, 9.17) is 11.4 Å². The van der Waals surface area contributed by atoms with Crippen LogP contribution in [0.5, 0.6) is 0 Å². The summed E-state index contributed by atoms with van der Waals surface area (Å²) < 4.78 is 3.83. The van der Waals surface area contributed by atoms with Gasteiger partial charge in [0.15, 0.2) is 11.6 Å². The van der Waals surface area contributed by atoms with Crippen LogP contribution in [0.4, 0.5) is 0 Å². The monoisotopic (exact) mass is 407 g/mol. The van der Waals surface area contributed by atoms with Crippen LogP contribution in [0, 0.1) is 19.3 Å². The number of imidazole rings is 1. The zero-order valence-corrected chi connectivity index (χ0v) is 18.0. The molecule has 1 atom stereocenters. The van der Waals surface area contributed by atoms with E-state index in [-0.39, 0.29) is 5.92 Å². The lowest BCUT2D eigenvalue weighted by molar-refractivity contribution is 0.720. The molecule has 0 saturated heterocycles. The Morgan fingerprint density at radius 1 is 1.13 bits per heavy atom. The Morgan fingerprint density at radius 3 is 2.65 bits per heavy atom. The molecular weight excluding hydrogens is 382 g/mol. The summed E-state index contributed by atoms with van der Waals surface area (Å²) in [5.74, 6) is 4.52. The number of hydrogen-bond acceptors (Lipinski definition) is 3. The smallest absolute Gasteiger partial charge is 0.158 e. The highest BCUT2D eigenvalue weighted by atomic mass is 15.3. The van der Waals surface area contributed by atoms with E-state index in [1.54, 1.807) is 0 Å². The van der Waals surface area contributed by atoms with E-state index < -0.39 is 0 Å². The van der Waals surface area contributed by atoms with Gasteiger partial charge in [0, 0.05) is 25.6 Å². The fourth-order valence-corrected chi connectivity index (χ4v) is 3.57. The van der Waals surface area contributed by atoms with Gasteiger partial charge >= 0.3 is 0 Å². The minimum Gasteiger partial charge on any atom is -0.306 e. The summed E-state index contributed by atoms with van der Waals surface area (Å²) in [6.07, 6.45) is 14.0. The van der Waals surface area contributed by atoms with Gasteiger partial charge in [0.2, 0.25) is 0 Å². The summed E-state index contributed by atoms with van der Waals surface area (Å²) in [4.78, 5) is 9.07. The quantitative estimate of drug-likeness (QED) is 0.431. The lowest BCUT2D eigenvalue weighted by Gasteiger charge is -2.09. The van der Waals surface area contributed by atoms with Gasteiger partial charge in [-0.3, -0.25) is 0 Å². The molecular formula is C26H25N5. The predicted octanol–water partition coefficient (Wildman–Crippen LogP) is 4.81. The molecule has 0 bridgehead atoms. The Bertz CT molecular complexity index is 1250. The highest BCUT2D eigenvalue weighted by molar-refractivity contribution is 5.68. The van der Waals surface area contributed by atoms with Gasteiger partial charge in [0.25, 0.3) is 0 Å². The van der Waals surface area contributed by atoms with Crippen LogP contribution >= 0.6 is 0 Å². The normalized spacial score (nSPS) is 12.2. The highest BCUT2D eigenvalue weighted by Crippen LogP contribution is 2.22. The van der Waals surface area contributed by atoms with Crippen molar-refractivity contribution < 1.29 is 0 Å². The highest BCUT2D eigenvalue weighted by Gasteiger charge is 2.14. The second kappa shape index (κ2) is 8.85. The first-order valence-electron chi connectivity index (χ1n) is 10.3. The largest absolute Gasteiger partial charge is 0.306 e. The fourth-order valence-electron chi connectivity index (χ4n) is 3.57. The number of hydrogen-bond donors (Lipinski definition) is 0. The molecule has 0 fully saturated rings. The Hall–Kier alpha value is -3.91. The van der Waals surface area contributed by atoms with E-state index in [0.717, 1.165) is 34.2 Å². The Kier molecular flexibility index (Phi) is 5.81. The van der Waals surface area contributed by atoms with Gasteiger partial charge < -0.3 is 4.57 Å². The molecule has 2 aromatic carbocycles. The molecule has 0 spiro atoms. The van der Waals surface area contributed by atoms with Gasteiger partial charge in [-0.2, -0.15) is 5.10 Å². The first-order valence-corrected chi connectivity index (χ1v) is 10.3. The minimum absolute atomic E-state index is 0.134. The summed E-state index contributed by atoms with van der Waals surface area (Å²) in [5.41, 5.74) is 5.37. The lowest BCUT2D eigenvalue weighted by Crippen LogP contribution is -1.99. The Balaban J connectivity index is 1.59. The number of aromatic nitrogens is 5. The Morgan fingerprint density at radius 2 is 1.94 bits per heavy atom. The van der Waals surface area contributed by atoms with Gasteiger partial charge in [0.1, 0.15) is 0 Å². The summed E-state index contributed by atoms with van der Waals surface area (Å²) in [5, 5.41) is 4.62. The average Bonchev–Trinajstić information content (AvgIpc) is 3.38. The van der Waals surface area contributed by atoms with E-state index >= 15 is 0 Å². The van der Waals surface area contributed by atoms with Crippen LogP contribution in [0.1, 0.15) is 46.9 Å². The molecule has 0 saturated carbocycles. The van der Waals surface area contributed by atoms with E-state index in [2.05, 4.69) is 53.3 Å². The molecule has 0 aliphatic rings. The van der Waals surface area contributed by atoms with E-state index in [9.17, 15) is 0 Å². The van der Waals surface area contributed by atoms with Crippen molar-refractivity contribution in [2.24, 2.45) is 7.05 Å². The minimum atomic E-state index is 0.134. The Labute approximate surface area is 183 Å². The molecule has 2 heterocycles. The molecule has 5 nitrogen and oxygen atoms in total. The summed E-state index contributed by atoms with van der Waals surface area (Å²) in [7, 11) is 1.92. The molecule has 4 aromatic rings. The summed E-state index contributed by atoms with van der Waals surface area (Å²) in [6, 6.07) is 16.6. The van der Waals surface area contributed by atoms with Crippen molar-refractivity contribution in [3.8, 4) is 18.0 Å². The van der Waals surface area contributed by atoms with Crippen molar-refractivity contribution in [1.82, 2.24) is 24.3 Å². The van der Waals surface area contributed by atoms with Crippen molar-refractivity contribution >= 4 is 12.2 Å². The zero-order valence-electron chi connectivity index (χ0n) is 18.0. The number of terminal acetylenes is 1. The van der Waals surface area contributed by atoms with Crippen molar-refractivity contribution in [1.29, 1.82) is 0 Å². The third-order valence-electron chi connectivity index (χ3n) is 5.31. The summed E-state index contributed by atoms with van der Waals surface area (Å²) >= 11 is 0. The molecule has 5 heteroatoms. The first kappa shape index (κ1) is 20.4. The number of rotatable bonds is 6. The molecule has 4 rings (SSSR count). The van der Waals surface area contributed by atoms with Gasteiger partial charge in [-0.05, 0) is 41.8 Å². The van der Waals surface area contributed by atoms with Crippen LogP contribution in [0.15, 0.2) is 61.1 Å². The maximum atomic E-state index is 5.61. The standard InChI is InChI=1S/C26H25N5/c1-5-9-23-16-21(12-14-24(23)31-17-19(2)27-18-31)13-15-25-28-26(29-30(25)4)20(3)22-10-7-6-8-11-22/h1,6-8,10-18,20H,9H2,2-4H3/b15-13+. The lowest BCUT2D eigenvalue weighted by atomic mass is 10.0. The van der Waals surface area contributed by atoms with E-state index in [1.807, 2.05) is 66.1 Å². The van der Waals surface area contributed by atoms with Crippen molar-refractivity contribution in [3.05, 3.63) is 95.1 Å². The molecule has 0 aliphatic carbocycles. The maximum Gasteiger partial charge on any atom is 0.158 e. The molecule has 154 valence electrons. The van der Waals surface area contributed by atoms with Crippen LogP contribution in [0.3, 0.4) is 0 Å². The van der Waals surface area contributed by atoms with Crippen molar-refractivity contribution in [2.75, 3.05) is 0 Å². The molecule has 0 radical (unpaired) electrons. The molecule has 1 unspecified atom stereocenters. The van der Waals surface area contributed by atoms with Gasteiger partial charge in [0.05, 0.1) is 17.7 Å². The molecule has 2 aromatic heterocycles. The molecule has 0 amide bonds. The second-order valence-electron chi connectivity index (χ2n) is 7.61. The first-order chi connectivity index (χ1) is 15.0. The van der Waals surface area contributed by atoms with Gasteiger partial charge in [-0.25, -0.2) is 14.6 Å². The number of benzene rings is 2. The molecule has 0 aliphatic heterocycles. The predicted molar refractivity (Wildman–Crippen MR) is 125 cm³/mol. The third-order valence-corrected chi connectivity index (χ3v) is 5.31. The van der Waals surface area contributed by atoms with Gasteiger partial charge in [-0.1, -0.05) is 49.4 Å². The third kappa shape index (κ3) is 4.49. The molecule has 31 heavy (non-hydrogen) atoms. The fraction of sp³-hybridized carbons (Fsp3) is 0.192. The number of nitrogens with zero attached hydrogens (tertiary/aromatic N) is 5. The van der Waals surface area contributed by atoms with Crippen LogP contribution < -0.4 is 0 Å².